The highest BCUT2D eigenvalue weighted by atomic mass is 16.5. The number of likely N-dealkylation sites (tertiary alicyclic amines) is 1. The quantitative estimate of drug-likeness (QED) is 0.482. The first-order chi connectivity index (χ1) is 17.0. The molecule has 7 heteroatoms. The lowest BCUT2D eigenvalue weighted by atomic mass is 9.80. The van der Waals surface area contributed by atoms with Gasteiger partial charge in [-0.25, -0.2) is 0 Å². The lowest BCUT2D eigenvalue weighted by molar-refractivity contribution is -0.127. The molecule has 3 heterocycles. The van der Waals surface area contributed by atoms with E-state index in [4.69, 9.17) is 4.74 Å². The number of ether oxygens (including phenoxy) is 1. The molecule has 2 atom stereocenters. The summed E-state index contributed by atoms with van der Waals surface area (Å²) < 4.78 is 9.16. The third kappa shape index (κ3) is 5.36. The van der Waals surface area contributed by atoms with Gasteiger partial charge >= 0.3 is 0 Å². The van der Waals surface area contributed by atoms with Gasteiger partial charge in [0.1, 0.15) is 0 Å². The molecular formula is C28H36N4O3. The second-order valence-corrected chi connectivity index (χ2v) is 10.1. The zero-order valence-electron chi connectivity index (χ0n) is 20.8. The summed E-state index contributed by atoms with van der Waals surface area (Å²) >= 11 is 0. The van der Waals surface area contributed by atoms with Crippen LogP contribution in [0, 0.1) is 5.92 Å². The molecule has 5 rings (SSSR count). The smallest absolute Gasteiger partial charge is 0.250 e. The molecule has 1 N–H and O–H groups in total. The lowest BCUT2D eigenvalue weighted by Gasteiger charge is -2.38. The molecule has 1 saturated heterocycles. The number of carbonyl (C=O) groups is 1. The number of fused-ring (bicyclic) bond motifs is 1. The van der Waals surface area contributed by atoms with Gasteiger partial charge in [-0.1, -0.05) is 18.2 Å². The molecular weight excluding hydrogens is 440 g/mol. The summed E-state index contributed by atoms with van der Waals surface area (Å²) in [4.78, 5) is 28.0. The van der Waals surface area contributed by atoms with Crippen molar-refractivity contribution in [3.8, 4) is 0 Å². The Morgan fingerprint density at radius 2 is 2.00 bits per heavy atom. The van der Waals surface area contributed by atoms with Gasteiger partial charge in [0, 0.05) is 75.8 Å². The van der Waals surface area contributed by atoms with Crippen LogP contribution in [-0.2, 0) is 29.7 Å². The maximum atomic E-state index is 13.3. The maximum Gasteiger partial charge on any atom is 0.250 e. The van der Waals surface area contributed by atoms with Crippen molar-refractivity contribution in [1.29, 1.82) is 0 Å². The van der Waals surface area contributed by atoms with E-state index in [2.05, 4.69) is 45.2 Å². The normalized spacial score (nSPS) is 20.9. The van der Waals surface area contributed by atoms with Gasteiger partial charge in [-0.2, -0.15) is 0 Å². The van der Waals surface area contributed by atoms with E-state index in [9.17, 15) is 9.59 Å². The number of amides is 1. The van der Waals surface area contributed by atoms with E-state index >= 15 is 0 Å². The van der Waals surface area contributed by atoms with Crippen LogP contribution in [0.15, 0.2) is 53.6 Å². The Morgan fingerprint density at radius 1 is 1.17 bits per heavy atom. The van der Waals surface area contributed by atoms with Gasteiger partial charge in [-0.3, -0.25) is 14.5 Å². The first-order valence-corrected chi connectivity index (χ1v) is 12.8. The molecule has 2 fully saturated rings. The molecule has 1 aromatic carbocycles. The van der Waals surface area contributed by atoms with E-state index in [1.54, 1.807) is 24.8 Å². The van der Waals surface area contributed by atoms with Crippen LogP contribution in [0.4, 0.5) is 0 Å². The molecule has 35 heavy (non-hydrogen) atoms. The molecule has 186 valence electrons. The number of benzene rings is 1. The third-order valence-corrected chi connectivity index (χ3v) is 7.53. The Hall–Kier alpha value is -2.90. The standard InChI is InChI=1S/C28H36N4O3/c1-30-13-10-20(16-27(30)33)23-11-14-31(19-25(23)28(34)29-22-8-9-22)17-21-18-32(12-5-15-35-2)26-7-4-3-6-24(21)26/h3-4,6-7,10,13,16,18,22-23,25H,5,8-9,11-12,14-15,17,19H2,1-2H3,(H,29,34)/t23-,25+/m1/s1. The lowest BCUT2D eigenvalue weighted by Crippen LogP contribution is -2.47. The molecule has 1 amide bonds. The molecule has 2 aliphatic rings. The number of rotatable bonds is 9. The minimum atomic E-state index is -0.161. The highest BCUT2D eigenvalue weighted by Gasteiger charge is 2.37. The number of nitrogens with one attached hydrogen (secondary N) is 1. The van der Waals surface area contributed by atoms with Crippen LogP contribution >= 0.6 is 0 Å². The van der Waals surface area contributed by atoms with Gasteiger partial charge in [0.25, 0.3) is 5.56 Å². The minimum Gasteiger partial charge on any atom is -0.385 e. The van der Waals surface area contributed by atoms with Gasteiger partial charge < -0.3 is 19.2 Å². The van der Waals surface area contributed by atoms with Crippen molar-refractivity contribution in [2.75, 3.05) is 26.8 Å². The Labute approximate surface area is 206 Å². The van der Waals surface area contributed by atoms with Crippen LogP contribution in [0.3, 0.4) is 0 Å². The summed E-state index contributed by atoms with van der Waals surface area (Å²) in [7, 11) is 3.50. The largest absolute Gasteiger partial charge is 0.385 e. The average molecular weight is 477 g/mol. The number of pyridine rings is 1. The van der Waals surface area contributed by atoms with E-state index in [0.717, 1.165) is 57.5 Å². The van der Waals surface area contributed by atoms with Crippen LogP contribution in [0.5, 0.6) is 0 Å². The highest BCUT2D eigenvalue weighted by molar-refractivity contribution is 5.84. The Kier molecular flexibility index (Phi) is 7.07. The summed E-state index contributed by atoms with van der Waals surface area (Å²) in [6.07, 6.45) is 8.07. The van der Waals surface area contributed by atoms with E-state index in [-0.39, 0.29) is 23.3 Å². The van der Waals surface area contributed by atoms with Crippen molar-refractivity contribution < 1.29 is 9.53 Å². The topological polar surface area (TPSA) is 68.5 Å². The first-order valence-electron chi connectivity index (χ1n) is 12.8. The van der Waals surface area contributed by atoms with Crippen LogP contribution < -0.4 is 10.9 Å². The fourth-order valence-electron chi connectivity index (χ4n) is 5.41. The van der Waals surface area contributed by atoms with Crippen molar-refractivity contribution in [3.05, 3.63) is 70.3 Å². The van der Waals surface area contributed by atoms with Crippen molar-refractivity contribution in [1.82, 2.24) is 19.4 Å². The number of hydrogen-bond acceptors (Lipinski definition) is 4. The summed E-state index contributed by atoms with van der Waals surface area (Å²) in [6, 6.07) is 12.6. The molecule has 0 radical (unpaired) electrons. The Bertz CT molecular complexity index is 1240. The summed E-state index contributed by atoms with van der Waals surface area (Å²) in [5.41, 5.74) is 3.51. The van der Waals surface area contributed by atoms with E-state index < -0.39 is 0 Å². The minimum absolute atomic E-state index is 0.0208. The fourth-order valence-corrected chi connectivity index (χ4v) is 5.41. The van der Waals surface area contributed by atoms with Gasteiger partial charge in [0.15, 0.2) is 0 Å². The van der Waals surface area contributed by atoms with Crippen molar-refractivity contribution in [2.45, 2.75) is 50.7 Å². The number of nitrogens with zero attached hydrogens (tertiary/aromatic N) is 3. The molecule has 0 bridgehead atoms. The summed E-state index contributed by atoms with van der Waals surface area (Å²) in [6.45, 7) is 4.08. The predicted molar refractivity (Wildman–Crippen MR) is 137 cm³/mol. The zero-order valence-corrected chi connectivity index (χ0v) is 20.8. The van der Waals surface area contributed by atoms with Crippen LogP contribution in [-0.4, -0.2) is 52.8 Å². The van der Waals surface area contributed by atoms with Gasteiger partial charge in [0.05, 0.1) is 5.92 Å². The summed E-state index contributed by atoms with van der Waals surface area (Å²) in [5.74, 6) is 0.0330. The monoisotopic (exact) mass is 476 g/mol. The average Bonchev–Trinajstić information content (AvgIpc) is 3.62. The number of aryl methyl sites for hydroxylation is 2. The highest BCUT2D eigenvalue weighted by Crippen LogP contribution is 2.35. The molecule has 1 aliphatic heterocycles. The number of hydrogen-bond donors (Lipinski definition) is 1. The SMILES string of the molecule is COCCCn1cc(CN2CC[C@H](c3ccn(C)c(=O)c3)[C@@H](C(=O)NC3CC3)C2)c2ccccc21. The molecule has 1 saturated carbocycles. The number of carbonyl (C=O) groups excluding carboxylic acids is 1. The number of piperidine rings is 1. The summed E-state index contributed by atoms with van der Waals surface area (Å²) in [5, 5.41) is 4.51. The van der Waals surface area contributed by atoms with Crippen molar-refractivity contribution >= 4 is 16.8 Å². The van der Waals surface area contributed by atoms with E-state index in [0.29, 0.717) is 12.6 Å². The van der Waals surface area contributed by atoms with Crippen LogP contribution in [0.1, 0.15) is 42.7 Å². The fraction of sp³-hybridized carbons (Fsp3) is 0.500. The number of para-hydroxylation sites is 1. The maximum absolute atomic E-state index is 13.3. The van der Waals surface area contributed by atoms with Crippen molar-refractivity contribution in [3.63, 3.8) is 0 Å². The second-order valence-electron chi connectivity index (χ2n) is 10.1. The number of aromatic nitrogens is 2. The second kappa shape index (κ2) is 10.4. The van der Waals surface area contributed by atoms with Crippen molar-refractivity contribution in [2.24, 2.45) is 13.0 Å². The molecule has 3 aromatic rings. The van der Waals surface area contributed by atoms with Gasteiger partial charge in [-0.05, 0) is 61.4 Å². The molecule has 0 unspecified atom stereocenters. The van der Waals surface area contributed by atoms with Crippen LogP contribution in [0.2, 0.25) is 0 Å². The molecule has 2 aromatic heterocycles. The molecule has 7 nitrogen and oxygen atoms in total. The van der Waals surface area contributed by atoms with E-state index in [1.807, 2.05) is 12.3 Å². The predicted octanol–water partition coefficient (Wildman–Crippen LogP) is 3.26. The Balaban J connectivity index is 1.37. The Morgan fingerprint density at radius 3 is 2.77 bits per heavy atom. The van der Waals surface area contributed by atoms with Gasteiger partial charge in [0.2, 0.25) is 5.91 Å². The van der Waals surface area contributed by atoms with Gasteiger partial charge in [-0.15, -0.1) is 0 Å². The third-order valence-electron chi connectivity index (χ3n) is 7.53. The molecule has 0 spiro atoms. The first kappa shape index (κ1) is 23.8. The van der Waals surface area contributed by atoms with Crippen LogP contribution in [0.25, 0.3) is 10.9 Å². The zero-order chi connectivity index (χ0) is 24.4. The van der Waals surface area contributed by atoms with E-state index in [1.165, 1.54) is 16.5 Å². The number of methoxy groups -OCH3 is 1. The molecule has 1 aliphatic carbocycles.